The highest BCUT2D eigenvalue weighted by molar-refractivity contribution is 6.42. The predicted molar refractivity (Wildman–Crippen MR) is 130 cm³/mol. The monoisotopic (exact) mass is 520 g/mol. The van der Waals surface area contributed by atoms with Gasteiger partial charge in [0.2, 0.25) is 0 Å². The number of nitro benzene ring substituents is 1. The molecule has 3 rings (SSSR count). The van der Waals surface area contributed by atoms with E-state index >= 15 is 0 Å². The van der Waals surface area contributed by atoms with E-state index in [1.807, 2.05) is 0 Å². The minimum absolute atomic E-state index is 0.0256. The summed E-state index contributed by atoms with van der Waals surface area (Å²) in [5, 5.41) is 27.2. The third-order valence-corrected chi connectivity index (χ3v) is 6.19. The van der Waals surface area contributed by atoms with Crippen LogP contribution in [0.3, 0.4) is 0 Å². The Bertz CT molecular complexity index is 1220. The van der Waals surface area contributed by atoms with Crippen molar-refractivity contribution in [1.29, 1.82) is 0 Å². The summed E-state index contributed by atoms with van der Waals surface area (Å²) < 4.78 is 0. The number of nitro groups is 1. The SMILES string of the molecule is CC1=C(C(=O)O)C(c2cccc([N+](=O)[O-])c2)N(CCCNCC(=O)c2ccc(Cl)c(Cl)c2)C(=O)N1. The lowest BCUT2D eigenvalue weighted by atomic mass is 9.93. The van der Waals surface area contributed by atoms with Gasteiger partial charge in [-0.3, -0.25) is 14.9 Å². The molecule has 0 aromatic heterocycles. The Kier molecular flexibility index (Phi) is 8.44. The smallest absolute Gasteiger partial charge is 0.335 e. The minimum atomic E-state index is -1.24. The molecular weight excluding hydrogens is 499 g/mol. The summed E-state index contributed by atoms with van der Waals surface area (Å²) in [7, 11) is 0. The maximum atomic E-state index is 12.7. The highest BCUT2D eigenvalue weighted by Gasteiger charge is 2.38. The molecule has 1 aliphatic rings. The molecule has 2 aromatic carbocycles. The average molecular weight is 521 g/mol. The molecule has 0 aliphatic carbocycles. The molecule has 12 heteroatoms. The van der Waals surface area contributed by atoms with Gasteiger partial charge >= 0.3 is 12.0 Å². The first-order chi connectivity index (χ1) is 16.6. The van der Waals surface area contributed by atoms with Gasteiger partial charge in [-0.25, -0.2) is 9.59 Å². The molecule has 2 amide bonds. The van der Waals surface area contributed by atoms with E-state index < -0.39 is 23.0 Å². The number of benzene rings is 2. The van der Waals surface area contributed by atoms with Crippen LogP contribution in [-0.2, 0) is 4.79 Å². The lowest BCUT2D eigenvalue weighted by Gasteiger charge is -2.37. The van der Waals surface area contributed by atoms with Gasteiger partial charge in [0, 0.05) is 29.9 Å². The van der Waals surface area contributed by atoms with E-state index in [1.54, 1.807) is 12.1 Å². The quantitative estimate of drug-likeness (QED) is 0.184. The van der Waals surface area contributed by atoms with Crippen LogP contribution in [0.15, 0.2) is 53.7 Å². The van der Waals surface area contributed by atoms with E-state index in [0.717, 1.165) is 0 Å². The molecule has 0 spiro atoms. The topological polar surface area (TPSA) is 142 Å². The molecule has 1 atom stereocenters. The van der Waals surface area contributed by atoms with Gasteiger partial charge in [-0.2, -0.15) is 0 Å². The van der Waals surface area contributed by atoms with E-state index in [0.29, 0.717) is 29.1 Å². The Labute approximate surface area is 210 Å². The number of nitrogens with one attached hydrogen (secondary N) is 2. The average Bonchev–Trinajstić information content (AvgIpc) is 2.81. The van der Waals surface area contributed by atoms with Crippen LogP contribution in [0.1, 0.15) is 35.3 Å². The Hall–Kier alpha value is -3.47. The van der Waals surface area contributed by atoms with Gasteiger partial charge in [-0.1, -0.05) is 35.3 Å². The van der Waals surface area contributed by atoms with Crippen molar-refractivity contribution in [3.05, 3.63) is 85.0 Å². The van der Waals surface area contributed by atoms with Crippen LogP contribution in [0, 0.1) is 10.1 Å². The van der Waals surface area contributed by atoms with Crippen LogP contribution in [0.2, 0.25) is 10.0 Å². The molecule has 0 saturated heterocycles. The zero-order chi connectivity index (χ0) is 25.7. The van der Waals surface area contributed by atoms with E-state index in [-0.39, 0.29) is 40.9 Å². The molecule has 10 nitrogen and oxygen atoms in total. The normalized spacial score (nSPS) is 15.7. The van der Waals surface area contributed by atoms with E-state index in [1.165, 1.54) is 42.2 Å². The number of hydrogen-bond donors (Lipinski definition) is 3. The van der Waals surface area contributed by atoms with Crippen molar-refractivity contribution in [1.82, 2.24) is 15.5 Å². The summed E-state index contributed by atoms with van der Waals surface area (Å²) >= 11 is 11.8. The molecule has 0 radical (unpaired) electrons. The second-order valence-corrected chi connectivity index (χ2v) is 8.62. The number of amides is 2. The number of Topliss-reactive ketones (excluding diaryl/α,β-unsaturated/α-hetero) is 1. The number of carboxylic acids is 1. The summed E-state index contributed by atoms with van der Waals surface area (Å²) in [4.78, 5) is 49.1. The maximum Gasteiger partial charge on any atom is 0.335 e. The van der Waals surface area contributed by atoms with Crippen molar-refractivity contribution < 1.29 is 24.4 Å². The predicted octanol–water partition coefficient (Wildman–Crippen LogP) is 4.19. The van der Waals surface area contributed by atoms with E-state index in [2.05, 4.69) is 10.6 Å². The molecular formula is C23H22Cl2N4O6. The highest BCUT2D eigenvalue weighted by atomic mass is 35.5. The van der Waals surface area contributed by atoms with Gasteiger partial charge in [0.15, 0.2) is 5.78 Å². The fraction of sp³-hybridized carbons (Fsp3) is 0.261. The van der Waals surface area contributed by atoms with Crippen LogP contribution < -0.4 is 10.6 Å². The molecule has 0 bridgehead atoms. The third kappa shape index (κ3) is 6.16. The fourth-order valence-corrected chi connectivity index (χ4v) is 4.09. The molecule has 184 valence electrons. The lowest BCUT2D eigenvalue weighted by Crippen LogP contribution is -2.49. The zero-order valence-corrected chi connectivity index (χ0v) is 20.1. The Morgan fingerprint density at radius 2 is 1.94 bits per heavy atom. The molecule has 0 fully saturated rings. The number of halogens is 2. The van der Waals surface area contributed by atoms with Gasteiger partial charge in [-0.05, 0) is 43.7 Å². The molecule has 2 aromatic rings. The molecule has 0 saturated carbocycles. The van der Waals surface area contributed by atoms with Crippen LogP contribution in [0.25, 0.3) is 0 Å². The Morgan fingerprint density at radius 1 is 1.20 bits per heavy atom. The van der Waals surface area contributed by atoms with Crippen molar-refractivity contribution in [2.24, 2.45) is 0 Å². The number of rotatable bonds is 10. The zero-order valence-electron chi connectivity index (χ0n) is 18.6. The van der Waals surface area contributed by atoms with Crippen LogP contribution >= 0.6 is 23.2 Å². The number of carboxylic acid groups (broad SMARTS) is 1. The summed E-state index contributed by atoms with van der Waals surface area (Å²) in [6.07, 6.45) is 0.388. The van der Waals surface area contributed by atoms with E-state index in [4.69, 9.17) is 23.2 Å². The first-order valence-electron chi connectivity index (χ1n) is 10.5. The highest BCUT2D eigenvalue weighted by Crippen LogP contribution is 2.35. The number of aliphatic carboxylic acids is 1. The number of nitrogens with zero attached hydrogens (tertiary/aromatic N) is 2. The van der Waals surface area contributed by atoms with Gasteiger partial charge in [0.25, 0.3) is 5.69 Å². The second kappa shape index (κ2) is 11.3. The first kappa shape index (κ1) is 26.1. The standard InChI is InChI=1S/C23H22Cl2N4O6/c1-13-20(22(31)32)21(15-4-2-5-16(10-15)29(34)35)28(23(33)27-13)9-3-8-26-12-19(30)14-6-7-17(24)18(25)11-14/h2,4-7,10-11,21,26H,3,8-9,12H2,1H3,(H,27,33)(H,31,32). The summed E-state index contributed by atoms with van der Waals surface area (Å²) in [6.45, 7) is 1.98. The number of carbonyl (C=O) groups is 3. The number of allylic oxidation sites excluding steroid dienone is 1. The number of ketones is 1. The van der Waals surface area contributed by atoms with Crippen LogP contribution in [0.5, 0.6) is 0 Å². The number of carbonyl (C=O) groups excluding carboxylic acids is 2. The largest absolute Gasteiger partial charge is 0.478 e. The Balaban J connectivity index is 1.70. The maximum absolute atomic E-state index is 12.7. The van der Waals surface area contributed by atoms with Crippen molar-refractivity contribution in [3.63, 3.8) is 0 Å². The van der Waals surface area contributed by atoms with Crippen LogP contribution in [-0.4, -0.2) is 52.3 Å². The number of non-ortho nitro benzene ring substituents is 1. The molecule has 1 unspecified atom stereocenters. The van der Waals surface area contributed by atoms with Crippen molar-refractivity contribution in [2.75, 3.05) is 19.6 Å². The van der Waals surface area contributed by atoms with Crippen molar-refractivity contribution >= 4 is 46.7 Å². The Morgan fingerprint density at radius 3 is 2.60 bits per heavy atom. The van der Waals surface area contributed by atoms with Gasteiger partial charge in [0.05, 0.1) is 33.1 Å². The van der Waals surface area contributed by atoms with E-state index in [9.17, 15) is 29.6 Å². The number of urea groups is 1. The number of hydrogen-bond acceptors (Lipinski definition) is 6. The van der Waals surface area contributed by atoms with Crippen molar-refractivity contribution in [3.8, 4) is 0 Å². The third-order valence-electron chi connectivity index (χ3n) is 5.45. The van der Waals surface area contributed by atoms with Gasteiger partial charge in [-0.15, -0.1) is 0 Å². The molecule has 35 heavy (non-hydrogen) atoms. The summed E-state index contributed by atoms with van der Waals surface area (Å²) in [5.41, 5.74) is 0.597. The van der Waals surface area contributed by atoms with Gasteiger partial charge in [0.1, 0.15) is 0 Å². The first-order valence-corrected chi connectivity index (χ1v) is 11.3. The van der Waals surface area contributed by atoms with Crippen LogP contribution in [0.4, 0.5) is 10.5 Å². The van der Waals surface area contributed by atoms with Gasteiger partial charge < -0.3 is 20.6 Å². The lowest BCUT2D eigenvalue weighted by molar-refractivity contribution is -0.384. The fourth-order valence-electron chi connectivity index (χ4n) is 3.79. The molecule has 1 heterocycles. The summed E-state index contributed by atoms with van der Waals surface area (Å²) in [6, 6.07) is 8.62. The molecule has 3 N–H and O–H groups in total. The second-order valence-electron chi connectivity index (χ2n) is 7.80. The van der Waals surface area contributed by atoms with Crippen molar-refractivity contribution in [2.45, 2.75) is 19.4 Å². The molecule has 1 aliphatic heterocycles. The minimum Gasteiger partial charge on any atom is -0.478 e. The summed E-state index contributed by atoms with van der Waals surface area (Å²) in [5.74, 6) is -1.44.